The molecular weight excluding hydrogens is 387 g/mol. The maximum Gasteiger partial charge on any atom is 0.416 e. The van der Waals surface area contributed by atoms with Crippen molar-refractivity contribution in [1.29, 1.82) is 0 Å². The summed E-state index contributed by atoms with van der Waals surface area (Å²) >= 11 is 0. The number of aliphatic hydroxyl groups excluding tert-OH is 1. The quantitative estimate of drug-likeness (QED) is 0.743. The number of carbonyl (C=O) groups is 3. The molecule has 0 aromatic heterocycles. The number of amides is 3. The third kappa shape index (κ3) is 4.19. The van der Waals surface area contributed by atoms with Crippen LogP contribution in [0.4, 0.5) is 25.4 Å². The number of nitrogens with one attached hydrogen (secondary N) is 1. The van der Waals surface area contributed by atoms with E-state index in [1.54, 1.807) is 11.0 Å². The lowest BCUT2D eigenvalue weighted by molar-refractivity contribution is -0.134. The fraction of sp³-hybridized carbons (Fsp3) is 0.500. The van der Waals surface area contributed by atoms with Crippen LogP contribution in [0.25, 0.3) is 0 Å². The number of rotatable bonds is 4. The van der Waals surface area contributed by atoms with Crippen molar-refractivity contribution >= 4 is 29.5 Å². The molecule has 2 fully saturated rings. The van der Waals surface area contributed by atoms with Crippen LogP contribution >= 0.6 is 0 Å². The summed E-state index contributed by atoms with van der Waals surface area (Å²) in [5, 5.41) is 12.6. The molecule has 10 nitrogen and oxygen atoms in total. The summed E-state index contributed by atoms with van der Waals surface area (Å²) in [7, 11) is 2.74. The highest BCUT2D eigenvalue weighted by atomic mass is 19.1. The van der Waals surface area contributed by atoms with Gasteiger partial charge in [-0.25, -0.2) is 14.0 Å². The van der Waals surface area contributed by atoms with Gasteiger partial charge < -0.3 is 29.7 Å². The summed E-state index contributed by atoms with van der Waals surface area (Å²) in [4.78, 5) is 39.1. The Morgan fingerprint density at radius 3 is 2.69 bits per heavy atom. The number of halogens is 1. The lowest BCUT2D eigenvalue weighted by Crippen LogP contribution is -2.42. The van der Waals surface area contributed by atoms with Crippen LogP contribution < -0.4 is 15.1 Å². The van der Waals surface area contributed by atoms with E-state index in [1.807, 2.05) is 0 Å². The number of hydrogen-bond acceptors (Lipinski definition) is 7. The smallest absolute Gasteiger partial charge is 0.416 e. The van der Waals surface area contributed by atoms with Crippen molar-refractivity contribution in [2.75, 3.05) is 43.6 Å². The molecule has 0 spiro atoms. The van der Waals surface area contributed by atoms with Crippen molar-refractivity contribution < 1.29 is 33.4 Å². The Labute approximate surface area is 166 Å². The molecule has 11 heteroatoms. The second kappa shape index (κ2) is 8.11. The largest absolute Gasteiger partial charge is 0.453 e. The fourth-order valence-corrected chi connectivity index (χ4v) is 3.32. The van der Waals surface area contributed by atoms with Gasteiger partial charge in [-0.05, 0) is 18.2 Å². The van der Waals surface area contributed by atoms with Gasteiger partial charge in [0.05, 0.1) is 37.2 Å². The molecule has 1 aromatic carbocycles. The van der Waals surface area contributed by atoms with Crippen LogP contribution in [-0.4, -0.2) is 80.3 Å². The van der Waals surface area contributed by atoms with Gasteiger partial charge in [0.15, 0.2) is 6.23 Å². The summed E-state index contributed by atoms with van der Waals surface area (Å²) in [5.74, 6) is -0.849. The van der Waals surface area contributed by atoms with E-state index >= 15 is 0 Å². The van der Waals surface area contributed by atoms with Gasteiger partial charge >= 0.3 is 12.2 Å². The third-order valence-electron chi connectivity index (χ3n) is 5.09. The van der Waals surface area contributed by atoms with Gasteiger partial charge in [-0.3, -0.25) is 9.69 Å². The minimum Gasteiger partial charge on any atom is -0.453 e. The van der Waals surface area contributed by atoms with Crippen LogP contribution in [0.5, 0.6) is 0 Å². The van der Waals surface area contributed by atoms with Crippen LogP contribution in [0, 0.1) is 5.82 Å². The number of methoxy groups -OCH3 is 1. The van der Waals surface area contributed by atoms with E-state index < -0.39 is 36.4 Å². The van der Waals surface area contributed by atoms with Crippen LogP contribution in [0.3, 0.4) is 0 Å². The molecule has 2 aliphatic rings. The van der Waals surface area contributed by atoms with Gasteiger partial charge in [-0.1, -0.05) is 0 Å². The Hall–Kier alpha value is -3.08. The first-order valence-corrected chi connectivity index (χ1v) is 9.00. The van der Waals surface area contributed by atoms with Crippen molar-refractivity contribution in [3.8, 4) is 0 Å². The molecule has 1 unspecified atom stereocenters. The minimum atomic E-state index is -0.885. The van der Waals surface area contributed by atoms with Crippen LogP contribution in [0.1, 0.15) is 6.92 Å². The van der Waals surface area contributed by atoms with E-state index in [9.17, 15) is 23.9 Å². The number of aliphatic hydroxyl groups is 1. The number of carbonyl (C=O) groups excluding carboxylic acids is 3. The van der Waals surface area contributed by atoms with E-state index in [0.717, 1.165) is 0 Å². The van der Waals surface area contributed by atoms with Gasteiger partial charge in [0.2, 0.25) is 5.91 Å². The number of alkyl carbamates (subject to hydrolysis) is 1. The molecule has 0 aliphatic carbocycles. The number of nitrogens with zero attached hydrogens (tertiary/aromatic N) is 3. The van der Waals surface area contributed by atoms with Gasteiger partial charge in [-0.2, -0.15) is 0 Å². The second-order valence-electron chi connectivity index (χ2n) is 6.93. The summed E-state index contributed by atoms with van der Waals surface area (Å²) in [6, 6.07) is 3.65. The van der Waals surface area contributed by atoms with Crippen molar-refractivity contribution in [2.45, 2.75) is 25.3 Å². The molecule has 0 bridgehead atoms. The molecule has 158 valence electrons. The van der Waals surface area contributed by atoms with Crippen molar-refractivity contribution in [3.05, 3.63) is 24.0 Å². The minimum absolute atomic E-state index is 0.0846. The molecule has 3 rings (SSSR count). The van der Waals surface area contributed by atoms with Crippen molar-refractivity contribution in [3.63, 3.8) is 0 Å². The molecule has 3 amide bonds. The summed E-state index contributed by atoms with van der Waals surface area (Å²) < 4.78 is 24.5. The zero-order valence-corrected chi connectivity index (χ0v) is 16.3. The molecule has 29 heavy (non-hydrogen) atoms. The predicted molar refractivity (Wildman–Crippen MR) is 100 cm³/mol. The normalized spacial score (nSPS) is 23.8. The molecule has 2 aliphatic heterocycles. The van der Waals surface area contributed by atoms with E-state index in [1.165, 1.54) is 43.0 Å². The number of β-amino-alcohol motifs (C(OH)–C–C–N with tert-alkyl or cyclic N) is 1. The number of ether oxygens (including phenoxy) is 2. The molecule has 0 radical (unpaired) electrons. The second-order valence-corrected chi connectivity index (χ2v) is 6.93. The molecule has 2 saturated heterocycles. The first kappa shape index (κ1) is 20.6. The van der Waals surface area contributed by atoms with E-state index in [0.29, 0.717) is 5.69 Å². The van der Waals surface area contributed by atoms with E-state index in [2.05, 4.69) is 10.1 Å². The Morgan fingerprint density at radius 1 is 1.34 bits per heavy atom. The number of benzene rings is 1. The van der Waals surface area contributed by atoms with Crippen molar-refractivity contribution in [2.24, 2.45) is 0 Å². The Bertz CT molecular complexity index is 822. The lowest BCUT2D eigenvalue weighted by Gasteiger charge is -2.22. The first-order valence-electron chi connectivity index (χ1n) is 9.00. The topological polar surface area (TPSA) is 112 Å². The van der Waals surface area contributed by atoms with Crippen molar-refractivity contribution in [1.82, 2.24) is 10.2 Å². The average Bonchev–Trinajstić information content (AvgIpc) is 3.23. The SMILES string of the molecule is COC(=O)N[C@H]1CN(c2ccc(N3CC(N(C)C(C)=O)OC3=O)cc2F)C[C@@H]1O. The van der Waals surface area contributed by atoms with Gasteiger partial charge in [0, 0.05) is 27.1 Å². The highest BCUT2D eigenvalue weighted by Crippen LogP contribution is 2.30. The molecule has 2 heterocycles. The molecule has 2 N–H and O–H groups in total. The molecule has 1 aromatic rings. The first-order chi connectivity index (χ1) is 13.7. The summed E-state index contributed by atoms with van der Waals surface area (Å²) in [6.45, 7) is 1.77. The zero-order chi connectivity index (χ0) is 21.3. The maximum absolute atomic E-state index is 14.8. The summed E-state index contributed by atoms with van der Waals surface area (Å²) in [6.07, 6.45) is -2.98. The summed E-state index contributed by atoms with van der Waals surface area (Å²) in [5.41, 5.74) is 0.520. The zero-order valence-electron chi connectivity index (χ0n) is 16.3. The molecule has 3 atom stereocenters. The average molecular weight is 410 g/mol. The highest BCUT2D eigenvalue weighted by Gasteiger charge is 2.37. The number of likely N-dealkylation sites (N-methyl/N-ethyl adjacent to an activating group) is 1. The van der Waals surface area contributed by atoms with Gasteiger partial charge in [0.1, 0.15) is 5.82 Å². The number of cyclic esters (lactones) is 1. The van der Waals surface area contributed by atoms with Crippen LogP contribution in [0.15, 0.2) is 18.2 Å². The molecule has 0 saturated carbocycles. The number of hydrogen-bond donors (Lipinski definition) is 2. The fourth-order valence-electron chi connectivity index (χ4n) is 3.32. The van der Waals surface area contributed by atoms with E-state index in [4.69, 9.17) is 4.74 Å². The Kier molecular flexibility index (Phi) is 5.78. The van der Waals surface area contributed by atoms with E-state index in [-0.39, 0.29) is 31.2 Å². The monoisotopic (exact) mass is 410 g/mol. The predicted octanol–water partition coefficient (Wildman–Crippen LogP) is 0.492. The number of anilines is 2. The highest BCUT2D eigenvalue weighted by molar-refractivity contribution is 5.90. The molecular formula is C18H23FN4O6. The van der Waals surface area contributed by atoms with Gasteiger partial charge in [-0.15, -0.1) is 0 Å². The Balaban J connectivity index is 1.72. The Morgan fingerprint density at radius 2 is 2.07 bits per heavy atom. The van der Waals surface area contributed by atoms with Gasteiger partial charge in [0.25, 0.3) is 0 Å². The van der Waals surface area contributed by atoms with Crippen LogP contribution in [-0.2, 0) is 14.3 Å². The standard InChI is InChI=1S/C18H23FN4O6/c1-10(24)21(2)16-9-23(18(27)29-16)11-4-5-14(12(19)6-11)22-7-13(15(25)8-22)20-17(26)28-3/h4-6,13,15-16,25H,7-9H2,1-3H3,(H,20,26)/t13-,15-,16?/m0/s1. The van der Waals surface area contributed by atoms with Crippen LogP contribution in [0.2, 0.25) is 0 Å². The lowest BCUT2D eigenvalue weighted by atomic mass is 10.2. The maximum atomic E-state index is 14.8. The third-order valence-corrected chi connectivity index (χ3v) is 5.09.